The molecule has 5 rings (SSSR count). The first-order chi connectivity index (χ1) is 14.8. The summed E-state index contributed by atoms with van der Waals surface area (Å²) >= 11 is 0. The number of imidazole rings is 1. The van der Waals surface area contributed by atoms with Gasteiger partial charge in [-0.3, -0.25) is 0 Å². The first-order valence-electron chi connectivity index (χ1n) is 11.5. The molecule has 0 amide bonds. The van der Waals surface area contributed by atoms with Gasteiger partial charge < -0.3 is 24.3 Å². The van der Waals surface area contributed by atoms with Gasteiger partial charge in [-0.25, -0.2) is 4.98 Å². The van der Waals surface area contributed by atoms with Gasteiger partial charge in [0.2, 0.25) is 0 Å². The third kappa shape index (κ3) is 3.95. The molecule has 162 valence electrons. The molecule has 1 aliphatic carbocycles. The number of aromatic amines is 1. The van der Waals surface area contributed by atoms with Crippen LogP contribution in [0.5, 0.6) is 11.5 Å². The fourth-order valence-electron chi connectivity index (χ4n) is 5.48. The van der Waals surface area contributed by atoms with Crippen LogP contribution in [0.4, 0.5) is 0 Å². The molecule has 6 heteroatoms. The molecule has 2 aromatic rings. The number of nitrogens with zero attached hydrogens (tertiary/aromatic N) is 3. The van der Waals surface area contributed by atoms with Crippen molar-refractivity contribution in [2.75, 3.05) is 40.4 Å². The molecule has 3 aliphatic rings. The summed E-state index contributed by atoms with van der Waals surface area (Å²) in [6.07, 6.45) is 11.6. The molecule has 1 saturated carbocycles. The molecule has 2 aliphatic heterocycles. The van der Waals surface area contributed by atoms with Crippen LogP contribution in [0.15, 0.2) is 24.5 Å². The lowest BCUT2D eigenvalue weighted by molar-refractivity contribution is 0.0844. The lowest BCUT2D eigenvalue weighted by Crippen LogP contribution is -2.48. The van der Waals surface area contributed by atoms with Gasteiger partial charge in [0, 0.05) is 30.0 Å². The van der Waals surface area contributed by atoms with E-state index in [0.717, 1.165) is 35.0 Å². The predicted molar refractivity (Wildman–Crippen MR) is 118 cm³/mol. The van der Waals surface area contributed by atoms with Gasteiger partial charge in [0.05, 0.1) is 14.2 Å². The molecule has 0 spiro atoms. The maximum atomic E-state index is 5.62. The summed E-state index contributed by atoms with van der Waals surface area (Å²) in [5.74, 6) is 2.98. The van der Waals surface area contributed by atoms with Crippen molar-refractivity contribution in [2.45, 2.75) is 56.5 Å². The minimum absolute atomic E-state index is 0.521. The van der Waals surface area contributed by atoms with E-state index in [9.17, 15) is 0 Å². The van der Waals surface area contributed by atoms with Crippen molar-refractivity contribution < 1.29 is 9.47 Å². The van der Waals surface area contributed by atoms with Gasteiger partial charge in [0.1, 0.15) is 5.82 Å². The number of piperidine rings is 2. The molecule has 3 heterocycles. The highest BCUT2D eigenvalue weighted by Crippen LogP contribution is 2.41. The van der Waals surface area contributed by atoms with Crippen LogP contribution in [0.1, 0.15) is 50.0 Å². The van der Waals surface area contributed by atoms with Gasteiger partial charge in [-0.1, -0.05) is 0 Å². The Morgan fingerprint density at radius 3 is 2.00 bits per heavy atom. The molecule has 6 nitrogen and oxygen atoms in total. The number of nitrogens with one attached hydrogen (secondary N) is 1. The number of hydrogen-bond acceptors (Lipinski definition) is 5. The Labute approximate surface area is 179 Å². The van der Waals surface area contributed by atoms with Crippen molar-refractivity contribution in [1.82, 2.24) is 19.8 Å². The monoisotopic (exact) mass is 410 g/mol. The Kier molecular flexibility index (Phi) is 5.70. The van der Waals surface area contributed by atoms with E-state index in [-0.39, 0.29) is 0 Å². The van der Waals surface area contributed by atoms with E-state index < -0.39 is 0 Å². The van der Waals surface area contributed by atoms with Crippen molar-refractivity contribution in [1.29, 1.82) is 0 Å². The van der Waals surface area contributed by atoms with Crippen LogP contribution in [0, 0.1) is 0 Å². The van der Waals surface area contributed by atoms with Gasteiger partial charge >= 0.3 is 0 Å². The Morgan fingerprint density at radius 1 is 0.833 bits per heavy atom. The fraction of sp³-hybridized carbons (Fsp3) is 0.625. The summed E-state index contributed by atoms with van der Waals surface area (Å²) in [6, 6.07) is 5.94. The largest absolute Gasteiger partial charge is 0.493 e. The first kappa shape index (κ1) is 19.9. The molecule has 2 saturated heterocycles. The highest BCUT2D eigenvalue weighted by atomic mass is 16.5. The SMILES string of the molecule is COc1cc(-c2ncc[nH]2)c(C2CCN(C3CCN(C4CC4)CC3)CC2)cc1OC. The molecule has 30 heavy (non-hydrogen) atoms. The van der Waals surface area contributed by atoms with Gasteiger partial charge in [-0.15, -0.1) is 0 Å². The Balaban J connectivity index is 1.29. The van der Waals surface area contributed by atoms with Crippen molar-refractivity contribution >= 4 is 0 Å². The maximum absolute atomic E-state index is 5.62. The van der Waals surface area contributed by atoms with E-state index in [0.29, 0.717) is 5.92 Å². The Hall–Kier alpha value is -2.05. The average Bonchev–Trinajstić information content (AvgIpc) is 3.52. The second-order valence-corrected chi connectivity index (χ2v) is 9.04. The van der Waals surface area contributed by atoms with Crippen molar-refractivity contribution in [3.63, 3.8) is 0 Å². The van der Waals surface area contributed by atoms with E-state index in [1.165, 1.54) is 70.3 Å². The minimum Gasteiger partial charge on any atom is -0.493 e. The van der Waals surface area contributed by atoms with E-state index in [2.05, 4.69) is 31.9 Å². The van der Waals surface area contributed by atoms with Crippen molar-refractivity contribution in [3.8, 4) is 22.9 Å². The second-order valence-electron chi connectivity index (χ2n) is 9.04. The number of H-pyrrole nitrogens is 1. The van der Waals surface area contributed by atoms with Crippen LogP contribution in [-0.2, 0) is 0 Å². The van der Waals surface area contributed by atoms with Crippen LogP contribution in [0.2, 0.25) is 0 Å². The Morgan fingerprint density at radius 2 is 1.43 bits per heavy atom. The molecular weight excluding hydrogens is 376 g/mol. The quantitative estimate of drug-likeness (QED) is 0.783. The number of rotatable bonds is 6. The van der Waals surface area contributed by atoms with Crippen molar-refractivity contribution in [2.24, 2.45) is 0 Å². The molecule has 0 atom stereocenters. The third-order valence-electron chi connectivity index (χ3n) is 7.36. The molecule has 0 radical (unpaired) electrons. The smallest absolute Gasteiger partial charge is 0.161 e. The lowest BCUT2D eigenvalue weighted by Gasteiger charge is -2.42. The summed E-state index contributed by atoms with van der Waals surface area (Å²) in [6.45, 7) is 4.97. The summed E-state index contributed by atoms with van der Waals surface area (Å²) in [4.78, 5) is 13.3. The molecule has 1 aromatic heterocycles. The number of methoxy groups -OCH3 is 2. The summed E-state index contributed by atoms with van der Waals surface area (Å²) in [5, 5.41) is 0. The number of ether oxygens (including phenoxy) is 2. The zero-order valence-electron chi connectivity index (χ0n) is 18.3. The summed E-state index contributed by atoms with van der Waals surface area (Å²) in [7, 11) is 3.40. The molecule has 0 bridgehead atoms. The van der Waals surface area contributed by atoms with E-state index in [1.54, 1.807) is 14.2 Å². The number of likely N-dealkylation sites (tertiary alicyclic amines) is 2. The van der Waals surface area contributed by atoms with E-state index >= 15 is 0 Å². The maximum Gasteiger partial charge on any atom is 0.161 e. The van der Waals surface area contributed by atoms with Crippen LogP contribution < -0.4 is 9.47 Å². The number of aromatic nitrogens is 2. The number of hydrogen-bond donors (Lipinski definition) is 1. The average molecular weight is 411 g/mol. The van der Waals surface area contributed by atoms with Crippen LogP contribution in [-0.4, -0.2) is 72.3 Å². The zero-order valence-corrected chi connectivity index (χ0v) is 18.3. The lowest BCUT2D eigenvalue weighted by atomic mass is 9.85. The molecule has 3 fully saturated rings. The first-order valence-corrected chi connectivity index (χ1v) is 11.5. The van der Waals surface area contributed by atoms with E-state index in [1.807, 2.05) is 12.4 Å². The predicted octanol–water partition coefficient (Wildman–Crippen LogP) is 3.90. The van der Waals surface area contributed by atoms with E-state index in [4.69, 9.17) is 9.47 Å². The van der Waals surface area contributed by atoms with Crippen LogP contribution >= 0.6 is 0 Å². The fourth-order valence-corrected chi connectivity index (χ4v) is 5.48. The molecular formula is C24H34N4O2. The van der Waals surface area contributed by atoms with Gasteiger partial charge in [-0.2, -0.15) is 0 Å². The number of benzene rings is 1. The van der Waals surface area contributed by atoms with Gasteiger partial charge in [0.15, 0.2) is 11.5 Å². The highest BCUT2D eigenvalue weighted by molar-refractivity contribution is 5.67. The standard InChI is InChI=1S/C24H34N4O2/c1-29-22-15-20(21(16-23(22)30-2)24-25-9-10-26-24)17-5-11-27(12-6-17)19-7-13-28(14-8-19)18-3-4-18/h9-10,15-19H,3-8,11-14H2,1-2H3,(H,25,26). The van der Waals surface area contributed by atoms with Gasteiger partial charge in [-0.05, 0) is 88.3 Å². The van der Waals surface area contributed by atoms with Crippen LogP contribution in [0.3, 0.4) is 0 Å². The Bertz CT molecular complexity index is 833. The zero-order chi connectivity index (χ0) is 20.5. The van der Waals surface area contributed by atoms with Crippen molar-refractivity contribution in [3.05, 3.63) is 30.1 Å². The molecule has 0 unspecified atom stereocenters. The minimum atomic E-state index is 0.521. The summed E-state index contributed by atoms with van der Waals surface area (Å²) < 4.78 is 11.2. The van der Waals surface area contributed by atoms with Crippen LogP contribution in [0.25, 0.3) is 11.4 Å². The third-order valence-corrected chi connectivity index (χ3v) is 7.36. The normalized spacial score (nSPS) is 22.3. The highest BCUT2D eigenvalue weighted by Gasteiger charge is 2.35. The van der Waals surface area contributed by atoms with Gasteiger partial charge in [0.25, 0.3) is 0 Å². The second kappa shape index (κ2) is 8.60. The molecule has 1 aromatic carbocycles. The summed E-state index contributed by atoms with van der Waals surface area (Å²) in [5.41, 5.74) is 2.46. The molecule has 1 N–H and O–H groups in total. The topological polar surface area (TPSA) is 53.6 Å².